The third-order valence-corrected chi connectivity index (χ3v) is 5.11. The normalized spacial score (nSPS) is 35.0. The standard InChI is InChI=1S/C16H31NO/c1-13-16(10-11-18-13,12-17-15(2,3)4)14-8-6-5-7-9-14/h13-14,17H,5-12H2,1-4H3. The Hall–Kier alpha value is -0.0800. The Kier molecular flexibility index (Phi) is 4.38. The van der Waals surface area contributed by atoms with Gasteiger partial charge < -0.3 is 10.1 Å². The molecule has 1 heterocycles. The number of ether oxygens (including phenoxy) is 1. The van der Waals surface area contributed by atoms with Crippen LogP contribution in [-0.4, -0.2) is 24.8 Å². The van der Waals surface area contributed by atoms with Crippen molar-refractivity contribution in [3.63, 3.8) is 0 Å². The highest BCUT2D eigenvalue weighted by Gasteiger charge is 2.47. The van der Waals surface area contributed by atoms with Crippen molar-refractivity contribution in [1.29, 1.82) is 0 Å². The molecular weight excluding hydrogens is 222 g/mol. The van der Waals surface area contributed by atoms with Gasteiger partial charge in [-0.2, -0.15) is 0 Å². The number of nitrogens with one attached hydrogen (secondary N) is 1. The molecule has 1 saturated heterocycles. The Morgan fingerprint density at radius 2 is 1.83 bits per heavy atom. The van der Waals surface area contributed by atoms with E-state index in [1.807, 2.05) is 0 Å². The van der Waals surface area contributed by atoms with E-state index < -0.39 is 0 Å². The molecule has 2 atom stereocenters. The summed E-state index contributed by atoms with van der Waals surface area (Å²) in [5, 5.41) is 3.75. The van der Waals surface area contributed by atoms with E-state index in [0.717, 1.165) is 19.1 Å². The first-order chi connectivity index (χ1) is 8.44. The molecule has 0 bridgehead atoms. The van der Waals surface area contributed by atoms with Crippen LogP contribution in [0.3, 0.4) is 0 Å². The minimum absolute atomic E-state index is 0.212. The van der Waals surface area contributed by atoms with E-state index in [9.17, 15) is 0 Å². The highest BCUT2D eigenvalue weighted by molar-refractivity contribution is 4.98. The predicted molar refractivity (Wildman–Crippen MR) is 76.8 cm³/mol. The van der Waals surface area contributed by atoms with Crippen LogP contribution in [0, 0.1) is 11.3 Å². The number of hydrogen-bond donors (Lipinski definition) is 1. The molecule has 1 N–H and O–H groups in total. The van der Waals surface area contributed by atoms with Crippen molar-refractivity contribution in [3.8, 4) is 0 Å². The summed E-state index contributed by atoms with van der Waals surface area (Å²) in [4.78, 5) is 0. The summed E-state index contributed by atoms with van der Waals surface area (Å²) in [7, 11) is 0. The molecule has 2 aliphatic rings. The fourth-order valence-corrected chi connectivity index (χ4v) is 3.81. The smallest absolute Gasteiger partial charge is 0.0618 e. The average molecular weight is 253 g/mol. The Labute approximate surface area is 113 Å². The minimum atomic E-state index is 0.212. The lowest BCUT2D eigenvalue weighted by Gasteiger charge is -2.43. The highest BCUT2D eigenvalue weighted by Crippen LogP contribution is 2.47. The summed E-state index contributed by atoms with van der Waals surface area (Å²) in [6, 6.07) is 0. The van der Waals surface area contributed by atoms with Crippen LogP contribution in [0.2, 0.25) is 0 Å². The monoisotopic (exact) mass is 253 g/mol. The predicted octanol–water partition coefficient (Wildman–Crippen LogP) is 3.75. The lowest BCUT2D eigenvalue weighted by atomic mass is 9.65. The lowest BCUT2D eigenvalue weighted by Crippen LogP contribution is -2.50. The minimum Gasteiger partial charge on any atom is -0.378 e. The van der Waals surface area contributed by atoms with Crippen molar-refractivity contribution in [1.82, 2.24) is 5.32 Å². The van der Waals surface area contributed by atoms with Gasteiger partial charge in [0.05, 0.1) is 6.10 Å². The second-order valence-electron chi connectivity index (χ2n) is 7.43. The van der Waals surface area contributed by atoms with Gasteiger partial charge in [0.25, 0.3) is 0 Å². The molecule has 2 rings (SSSR count). The molecule has 0 radical (unpaired) electrons. The van der Waals surface area contributed by atoms with E-state index in [2.05, 4.69) is 33.0 Å². The Balaban J connectivity index is 2.07. The molecule has 2 heteroatoms. The molecule has 106 valence electrons. The van der Waals surface area contributed by atoms with Gasteiger partial charge in [0.2, 0.25) is 0 Å². The van der Waals surface area contributed by atoms with E-state index in [-0.39, 0.29) is 5.54 Å². The van der Waals surface area contributed by atoms with Crippen LogP contribution in [0.15, 0.2) is 0 Å². The van der Waals surface area contributed by atoms with E-state index in [1.54, 1.807) is 0 Å². The van der Waals surface area contributed by atoms with Crippen LogP contribution in [-0.2, 0) is 4.74 Å². The quantitative estimate of drug-likeness (QED) is 0.827. The van der Waals surface area contributed by atoms with Crippen molar-refractivity contribution >= 4 is 0 Å². The maximum Gasteiger partial charge on any atom is 0.0618 e. The van der Waals surface area contributed by atoms with Crippen LogP contribution >= 0.6 is 0 Å². The molecule has 0 amide bonds. The highest BCUT2D eigenvalue weighted by atomic mass is 16.5. The summed E-state index contributed by atoms with van der Waals surface area (Å²) < 4.78 is 5.95. The van der Waals surface area contributed by atoms with E-state index >= 15 is 0 Å². The molecule has 0 aromatic rings. The van der Waals surface area contributed by atoms with Crippen molar-refractivity contribution in [3.05, 3.63) is 0 Å². The van der Waals surface area contributed by atoms with Gasteiger partial charge in [-0.05, 0) is 52.9 Å². The molecule has 0 aromatic carbocycles. The van der Waals surface area contributed by atoms with Gasteiger partial charge in [-0.25, -0.2) is 0 Å². The van der Waals surface area contributed by atoms with Gasteiger partial charge in [0.15, 0.2) is 0 Å². The number of rotatable bonds is 3. The zero-order valence-corrected chi connectivity index (χ0v) is 12.7. The van der Waals surface area contributed by atoms with Gasteiger partial charge in [-0.1, -0.05) is 19.3 Å². The van der Waals surface area contributed by atoms with Crippen molar-refractivity contribution in [2.45, 2.75) is 77.9 Å². The van der Waals surface area contributed by atoms with Crippen LogP contribution in [0.1, 0.15) is 66.2 Å². The Morgan fingerprint density at radius 3 is 2.33 bits per heavy atom. The molecular formula is C16H31NO. The summed E-state index contributed by atoms with van der Waals surface area (Å²) in [6.07, 6.45) is 8.80. The first-order valence-corrected chi connectivity index (χ1v) is 7.81. The SMILES string of the molecule is CC1OCCC1(CNC(C)(C)C)C1CCCCC1. The molecule has 18 heavy (non-hydrogen) atoms. The third kappa shape index (κ3) is 3.08. The fourth-order valence-electron chi connectivity index (χ4n) is 3.81. The summed E-state index contributed by atoms with van der Waals surface area (Å²) in [6.45, 7) is 11.2. The van der Waals surface area contributed by atoms with Crippen LogP contribution < -0.4 is 5.32 Å². The first kappa shape index (κ1) is 14.3. The second kappa shape index (κ2) is 5.50. The lowest BCUT2D eigenvalue weighted by molar-refractivity contribution is 0.0113. The maximum atomic E-state index is 5.95. The molecule has 1 aliphatic carbocycles. The Bertz CT molecular complexity index is 265. The van der Waals surface area contributed by atoms with Crippen LogP contribution in [0.5, 0.6) is 0 Å². The maximum absolute atomic E-state index is 5.95. The first-order valence-electron chi connectivity index (χ1n) is 7.81. The molecule has 2 fully saturated rings. The summed E-state index contributed by atoms with van der Waals surface area (Å²) in [5.74, 6) is 0.874. The molecule has 1 saturated carbocycles. The molecule has 0 spiro atoms. The zero-order valence-electron chi connectivity index (χ0n) is 12.7. The molecule has 0 aromatic heterocycles. The molecule has 1 aliphatic heterocycles. The summed E-state index contributed by atoms with van der Waals surface area (Å²) >= 11 is 0. The van der Waals surface area contributed by atoms with E-state index in [4.69, 9.17) is 4.74 Å². The van der Waals surface area contributed by atoms with Crippen molar-refractivity contribution in [2.75, 3.05) is 13.2 Å². The zero-order chi connectivity index (χ0) is 13.2. The van der Waals surface area contributed by atoms with Crippen molar-refractivity contribution in [2.24, 2.45) is 11.3 Å². The van der Waals surface area contributed by atoms with Crippen molar-refractivity contribution < 1.29 is 4.74 Å². The van der Waals surface area contributed by atoms with Gasteiger partial charge in [0.1, 0.15) is 0 Å². The fraction of sp³-hybridized carbons (Fsp3) is 1.00. The van der Waals surface area contributed by atoms with Crippen LogP contribution in [0.25, 0.3) is 0 Å². The number of hydrogen-bond acceptors (Lipinski definition) is 2. The molecule has 2 nitrogen and oxygen atoms in total. The third-order valence-electron chi connectivity index (χ3n) is 5.11. The summed E-state index contributed by atoms with van der Waals surface area (Å²) in [5.41, 5.74) is 0.609. The topological polar surface area (TPSA) is 21.3 Å². The van der Waals surface area contributed by atoms with Gasteiger partial charge in [0, 0.05) is 24.1 Å². The second-order valence-corrected chi connectivity index (χ2v) is 7.43. The average Bonchev–Trinajstić information content (AvgIpc) is 2.70. The van der Waals surface area contributed by atoms with Crippen LogP contribution in [0.4, 0.5) is 0 Å². The largest absolute Gasteiger partial charge is 0.378 e. The van der Waals surface area contributed by atoms with E-state index in [0.29, 0.717) is 11.5 Å². The Morgan fingerprint density at radius 1 is 1.17 bits per heavy atom. The van der Waals surface area contributed by atoms with E-state index in [1.165, 1.54) is 38.5 Å². The van der Waals surface area contributed by atoms with Gasteiger partial charge >= 0.3 is 0 Å². The van der Waals surface area contributed by atoms with Gasteiger partial charge in [-0.3, -0.25) is 0 Å². The molecule has 2 unspecified atom stereocenters. The van der Waals surface area contributed by atoms with Gasteiger partial charge in [-0.15, -0.1) is 0 Å².